The van der Waals surface area contributed by atoms with Crippen LogP contribution in [-0.2, 0) is 11.2 Å². The largest absolute Gasteiger partial charge is 0.298 e. The van der Waals surface area contributed by atoms with Crippen molar-refractivity contribution in [3.8, 4) is 0 Å². The zero-order valence-corrected chi connectivity index (χ0v) is 10.7. The standard InChI is InChI=1S/C11H12BrNO3/c1-3-8-4-5-9(11(12)7(2)14)6-10(8)13(15)16/h4-6,11H,3H2,1-2H3. The lowest BCUT2D eigenvalue weighted by Crippen LogP contribution is -2.03. The van der Waals surface area contributed by atoms with Gasteiger partial charge in [0.05, 0.1) is 9.75 Å². The van der Waals surface area contributed by atoms with Crippen LogP contribution in [0.1, 0.15) is 29.8 Å². The van der Waals surface area contributed by atoms with Crippen LogP contribution in [0.3, 0.4) is 0 Å². The second kappa shape index (κ2) is 5.21. The number of carbonyl (C=O) groups is 1. The van der Waals surface area contributed by atoms with Crippen molar-refractivity contribution in [3.63, 3.8) is 0 Å². The summed E-state index contributed by atoms with van der Waals surface area (Å²) in [6, 6.07) is 4.90. The summed E-state index contributed by atoms with van der Waals surface area (Å²) in [6.45, 7) is 3.30. The molecule has 0 fully saturated rings. The predicted octanol–water partition coefficient (Wildman–Crippen LogP) is 3.18. The van der Waals surface area contributed by atoms with Crippen molar-refractivity contribution in [2.45, 2.75) is 25.1 Å². The van der Waals surface area contributed by atoms with E-state index in [2.05, 4.69) is 15.9 Å². The topological polar surface area (TPSA) is 60.2 Å². The normalized spacial score (nSPS) is 12.2. The molecule has 0 N–H and O–H groups in total. The number of carbonyl (C=O) groups excluding carboxylic acids is 1. The number of nitro benzene ring substituents is 1. The van der Waals surface area contributed by atoms with Crippen LogP contribution < -0.4 is 0 Å². The van der Waals surface area contributed by atoms with Crippen molar-refractivity contribution < 1.29 is 9.72 Å². The van der Waals surface area contributed by atoms with Crippen molar-refractivity contribution in [2.24, 2.45) is 0 Å². The maximum Gasteiger partial charge on any atom is 0.272 e. The molecule has 0 saturated heterocycles. The third kappa shape index (κ3) is 2.66. The molecule has 1 aromatic carbocycles. The Balaban J connectivity index is 3.21. The molecule has 0 heterocycles. The molecule has 16 heavy (non-hydrogen) atoms. The summed E-state index contributed by atoms with van der Waals surface area (Å²) in [5, 5.41) is 10.8. The number of nitrogens with zero attached hydrogens (tertiary/aromatic N) is 1. The molecule has 1 atom stereocenters. The molecule has 5 heteroatoms. The fraction of sp³-hybridized carbons (Fsp3) is 0.364. The van der Waals surface area contributed by atoms with Crippen molar-refractivity contribution in [1.82, 2.24) is 0 Å². The van der Waals surface area contributed by atoms with E-state index in [9.17, 15) is 14.9 Å². The van der Waals surface area contributed by atoms with E-state index in [1.54, 1.807) is 12.1 Å². The Labute approximate surface area is 102 Å². The smallest absolute Gasteiger partial charge is 0.272 e. The predicted molar refractivity (Wildman–Crippen MR) is 64.8 cm³/mol. The molecule has 1 rings (SSSR count). The number of benzene rings is 1. The summed E-state index contributed by atoms with van der Waals surface area (Å²) in [6.07, 6.45) is 0.601. The van der Waals surface area contributed by atoms with Gasteiger partial charge in [0.15, 0.2) is 0 Å². The van der Waals surface area contributed by atoms with E-state index >= 15 is 0 Å². The lowest BCUT2D eigenvalue weighted by Gasteiger charge is -2.07. The van der Waals surface area contributed by atoms with Gasteiger partial charge < -0.3 is 0 Å². The molecular weight excluding hydrogens is 274 g/mol. The lowest BCUT2D eigenvalue weighted by atomic mass is 10.0. The van der Waals surface area contributed by atoms with E-state index in [1.807, 2.05) is 6.92 Å². The molecule has 0 amide bonds. The lowest BCUT2D eigenvalue weighted by molar-refractivity contribution is -0.385. The first-order valence-electron chi connectivity index (χ1n) is 4.89. The number of nitro groups is 1. The molecule has 0 aliphatic rings. The van der Waals surface area contributed by atoms with Crippen LogP contribution in [0.15, 0.2) is 18.2 Å². The van der Waals surface area contributed by atoms with Crippen molar-refractivity contribution in [3.05, 3.63) is 39.4 Å². The monoisotopic (exact) mass is 285 g/mol. The Hall–Kier alpha value is -1.23. The average molecular weight is 286 g/mol. The Morgan fingerprint density at radius 3 is 2.62 bits per heavy atom. The van der Waals surface area contributed by atoms with Crippen LogP contribution >= 0.6 is 15.9 Å². The zero-order chi connectivity index (χ0) is 12.3. The first-order valence-corrected chi connectivity index (χ1v) is 5.80. The third-order valence-corrected chi connectivity index (χ3v) is 3.51. The van der Waals surface area contributed by atoms with Gasteiger partial charge in [-0.2, -0.15) is 0 Å². The van der Waals surface area contributed by atoms with Gasteiger partial charge in [-0.25, -0.2) is 0 Å². The minimum Gasteiger partial charge on any atom is -0.298 e. The zero-order valence-electron chi connectivity index (χ0n) is 9.07. The first kappa shape index (κ1) is 12.8. The quantitative estimate of drug-likeness (QED) is 0.485. The van der Waals surface area contributed by atoms with E-state index in [0.717, 1.165) is 0 Å². The van der Waals surface area contributed by atoms with E-state index < -0.39 is 9.75 Å². The summed E-state index contributed by atoms with van der Waals surface area (Å²) in [7, 11) is 0. The molecule has 0 radical (unpaired) electrons. The molecule has 0 bridgehead atoms. The van der Waals surface area contributed by atoms with Gasteiger partial charge in [0.1, 0.15) is 5.78 Å². The van der Waals surface area contributed by atoms with Crippen LogP contribution in [0.2, 0.25) is 0 Å². The van der Waals surface area contributed by atoms with Gasteiger partial charge in [0.2, 0.25) is 0 Å². The Morgan fingerprint density at radius 1 is 1.56 bits per heavy atom. The SMILES string of the molecule is CCc1ccc(C(Br)C(C)=O)cc1[N+](=O)[O-]. The number of Topliss-reactive ketones (excluding diaryl/α,β-unsaturated/α-hetero) is 1. The minimum atomic E-state index is -0.475. The Morgan fingerprint density at radius 2 is 2.19 bits per heavy atom. The highest BCUT2D eigenvalue weighted by molar-refractivity contribution is 9.09. The molecule has 0 saturated carbocycles. The van der Waals surface area contributed by atoms with Crippen molar-refractivity contribution in [1.29, 1.82) is 0 Å². The minimum absolute atomic E-state index is 0.0708. The van der Waals surface area contributed by atoms with E-state index in [4.69, 9.17) is 0 Å². The van der Waals surface area contributed by atoms with Crippen molar-refractivity contribution in [2.75, 3.05) is 0 Å². The number of hydrogen-bond donors (Lipinski definition) is 0. The van der Waals surface area contributed by atoms with Gasteiger partial charge in [-0.3, -0.25) is 14.9 Å². The van der Waals surface area contributed by atoms with Crippen LogP contribution in [0.4, 0.5) is 5.69 Å². The number of rotatable bonds is 4. The maximum atomic E-state index is 11.2. The molecule has 0 aromatic heterocycles. The second-order valence-electron chi connectivity index (χ2n) is 3.47. The summed E-state index contributed by atoms with van der Waals surface area (Å²) in [5.74, 6) is -0.0708. The summed E-state index contributed by atoms with van der Waals surface area (Å²) in [5.41, 5.74) is 1.37. The number of aryl methyl sites for hydroxylation is 1. The second-order valence-corrected chi connectivity index (χ2v) is 4.39. The number of hydrogen-bond acceptors (Lipinski definition) is 3. The van der Waals surface area contributed by atoms with Crippen molar-refractivity contribution >= 4 is 27.4 Å². The highest BCUT2D eigenvalue weighted by atomic mass is 79.9. The summed E-state index contributed by atoms with van der Waals surface area (Å²) < 4.78 is 0. The van der Waals surface area contributed by atoms with Gasteiger partial charge in [0, 0.05) is 11.6 Å². The fourth-order valence-corrected chi connectivity index (χ4v) is 1.73. The fourth-order valence-electron chi connectivity index (χ4n) is 1.44. The van der Waals surface area contributed by atoms with E-state index in [1.165, 1.54) is 13.0 Å². The Kier molecular flexibility index (Phi) is 4.18. The van der Waals surface area contributed by atoms with Gasteiger partial charge in [0.25, 0.3) is 5.69 Å². The number of alkyl halides is 1. The molecular formula is C11H12BrNO3. The molecule has 1 aromatic rings. The Bertz CT molecular complexity index is 431. The number of ketones is 1. The van der Waals surface area contributed by atoms with E-state index in [0.29, 0.717) is 17.5 Å². The molecule has 0 aliphatic heterocycles. The van der Waals surface area contributed by atoms with Gasteiger partial charge in [-0.15, -0.1) is 0 Å². The average Bonchev–Trinajstić information content (AvgIpc) is 2.26. The first-order chi connectivity index (χ1) is 7.47. The molecule has 0 aliphatic carbocycles. The van der Waals surface area contributed by atoms with Crippen LogP contribution in [0.25, 0.3) is 0 Å². The van der Waals surface area contributed by atoms with Crippen LogP contribution in [-0.4, -0.2) is 10.7 Å². The maximum absolute atomic E-state index is 11.2. The highest BCUT2D eigenvalue weighted by Gasteiger charge is 2.18. The van der Waals surface area contributed by atoms with Gasteiger partial charge in [-0.1, -0.05) is 35.0 Å². The van der Waals surface area contributed by atoms with Crippen LogP contribution in [0.5, 0.6) is 0 Å². The summed E-state index contributed by atoms with van der Waals surface area (Å²) >= 11 is 3.21. The molecule has 4 nitrogen and oxygen atoms in total. The molecule has 86 valence electrons. The van der Waals surface area contributed by atoms with E-state index in [-0.39, 0.29) is 11.5 Å². The third-order valence-electron chi connectivity index (χ3n) is 2.34. The molecule has 0 spiro atoms. The van der Waals surface area contributed by atoms with Gasteiger partial charge in [-0.05, 0) is 18.9 Å². The number of halogens is 1. The van der Waals surface area contributed by atoms with Gasteiger partial charge >= 0.3 is 0 Å². The molecule has 1 unspecified atom stereocenters. The van der Waals surface area contributed by atoms with Crippen LogP contribution in [0, 0.1) is 10.1 Å². The summed E-state index contributed by atoms with van der Waals surface area (Å²) in [4.78, 5) is 21.1. The highest BCUT2D eigenvalue weighted by Crippen LogP contribution is 2.29.